The van der Waals surface area contributed by atoms with E-state index in [4.69, 9.17) is 33.2 Å². The number of aliphatic hydroxyl groups is 11. The molecule has 4 aliphatic rings. The molecule has 0 spiro atoms. The van der Waals surface area contributed by atoms with Crippen LogP contribution < -0.4 is 0 Å². The van der Waals surface area contributed by atoms with Crippen LogP contribution in [0.1, 0.15) is 6.92 Å². The molecule has 4 saturated heterocycles. The minimum absolute atomic E-state index is 0.366. The summed E-state index contributed by atoms with van der Waals surface area (Å²) < 4.78 is 37.8. The molecule has 11 N–H and O–H groups in total. The van der Waals surface area contributed by atoms with Crippen molar-refractivity contribution in [2.24, 2.45) is 0 Å². The summed E-state index contributed by atoms with van der Waals surface area (Å²) in [6, 6.07) is 0. The van der Waals surface area contributed by atoms with Gasteiger partial charge in [-0.3, -0.25) is 0 Å². The summed E-state index contributed by atoms with van der Waals surface area (Å²) in [6.07, 6.45) is -28.8. The van der Waals surface area contributed by atoms with Crippen LogP contribution in [0.25, 0.3) is 0 Å². The molecule has 0 aromatic rings. The van der Waals surface area contributed by atoms with E-state index in [1.807, 2.05) is 0 Å². The maximum Gasteiger partial charge on any atom is 0.187 e. The first-order chi connectivity index (χ1) is 18.8. The van der Waals surface area contributed by atoms with Gasteiger partial charge in [0.25, 0.3) is 0 Å². The third-order valence-electron chi connectivity index (χ3n) is 7.36. The van der Waals surface area contributed by atoms with Crippen molar-refractivity contribution in [1.82, 2.24) is 0 Å². The Hall–Kier alpha value is -0.720. The normalized spacial score (nSPS) is 54.3. The molecule has 0 aromatic heterocycles. The summed E-state index contributed by atoms with van der Waals surface area (Å²) in [4.78, 5) is 0. The minimum Gasteiger partial charge on any atom is -0.388 e. The zero-order valence-corrected chi connectivity index (χ0v) is 21.3. The minimum atomic E-state index is -1.95. The fourth-order valence-electron chi connectivity index (χ4n) is 4.80. The monoisotopic (exact) mass is 590 g/mol. The van der Waals surface area contributed by atoms with Gasteiger partial charge in [-0.05, 0) is 6.92 Å². The van der Waals surface area contributed by atoms with Crippen LogP contribution in [0.3, 0.4) is 0 Å². The van der Waals surface area contributed by atoms with Crippen molar-refractivity contribution < 1.29 is 89.3 Å². The van der Waals surface area contributed by atoms with Crippen LogP contribution in [-0.4, -0.2) is 187 Å². The van der Waals surface area contributed by atoms with E-state index in [2.05, 4.69) is 0 Å². The van der Waals surface area contributed by atoms with E-state index in [1.165, 1.54) is 6.92 Å². The molecular weight excluding hydrogens is 552 g/mol. The predicted molar refractivity (Wildman–Crippen MR) is 120 cm³/mol. The van der Waals surface area contributed by atoms with Crippen LogP contribution >= 0.6 is 0 Å². The van der Waals surface area contributed by atoms with Crippen LogP contribution in [-0.2, 0) is 33.2 Å². The number of hydrogen-bond donors (Lipinski definition) is 11. The number of ether oxygens (including phenoxy) is 7. The molecule has 0 radical (unpaired) electrons. The van der Waals surface area contributed by atoms with Crippen molar-refractivity contribution in [3.8, 4) is 0 Å². The summed E-state index contributed by atoms with van der Waals surface area (Å²) in [6.45, 7) is -0.0129. The summed E-state index contributed by atoms with van der Waals surface area (Å²) in [7, 11) is 0. The first-order valence-electron chi connectivity index (χ1n) is 12.8. The summed E-state index contributed by atoms with van der Waals surface area (Å²) >= 11 is 0. The molecule has 1 unspecified atom stereocenters. The van der Waals surface area contributed by atoms with Crippen LogP contribution in [0.5, 0.6) is 0 Å². The molecule has 0 aromatic carbocycles. The SMILES string of the molecule is C[C@@H]1O[C@@H](O[C@H]2C(O)O[C@H](CO[C@H]3OC[C@@H](O)[C@@H](O)[C@@H]3O)[C@@H](O)[C@@H]2O[C@@H]2OC[C@@H](O)[C@H](O)[C@H]2O)[C@H](O)[C@H](O)[C@H]1O. The zero-order chi connectivity index (χ0) is 29.5. The summed E-state index contributed by atoms with van der Waals surface area (Å²) in [5.41, 5.74) is 0. The van der Waals surface area contributed by atoms with E-state index in [9.17, 15) is 56.2 Å². The highest BCUT2D eigenvalue weighted by molar-refractivity contribution is 4.95. The van der Waals surface area contributed by atoms with Gasteiger partial charge in [-0.25, -0.2) is 0 Å². The first-order valence-corrected chi connectivity index (χ1v) is 12.8. The van der Waals surface area contributed by atoms with Gasteiger partial charge in [-0.1, -0.05) is 0 Å². The Bertz CT molecular complexity index is 808. The molecule has 4 fully saturated rings. The molecule has 40 heavy (non-hydrogen) atoms. The lowest BCUT2D eigenvalue weighted by Gasteiger charge is -2.47. The summed E-state index contributed by atoms with van der Waals surface area (Å²) in [5.74, 6) is 0. The van der Waals surface area contributed by atoms with Crippen LogP contribution in [0.4, 0.5) is 0 Å². The highest BCUT2D eigenvalue weighted by Crippen LogP contribution is 2.32. The second-order valence-corrected chi connectivity index (χ2v) is 10.3. The van der Waals surface area contributed by atoms with Gasteiger partial charge in [0.15, 0.2) is 25.2 Å². The molecule has 4 aliphatic heterocycles. The van der Waals surface area contributed by atoms with Crippen molar-refractivity contribution >= 4 is 0 Å². The number of hydrogen-bond acceptors (Lipinski definition) is 18. The highest BCUT2D eigenvalue weighted by atomic mass is 16.8. The fraction of sp³-hybridized carbons (Fsp3) is 1.00. The van der Waals surface area contributed by atoms with Gasteiger partial charge in [0.2, 0.25) is 0 Å². The molecule has 0 bridgehead atoms. The van der Waals surface area contributed by atoms with Gasteiger partial charge < -0.3 is 89.3 Å². The lowest BCUT2D eigenvalue weighted by Crippen LogP contribution is -2.66. The summed E-state index contributed by atoms with van der Waals surface area (Å²) in [5, 5.41) is 112. The Labute approximate surface area is 227 Å². The van der Waals surface area contributed by atoms with E-state index < -0.39 is 124 Å². The third kappa shape index (κ3) is 6.59. The Kier molecular flexibility index (Phi) is 10.7. The Morgan fingerprint density at radius 3 is 1.70 bits per heavy atom. The van der Waals surface area contributed by atoms with E-state index >= 15 is 0 Å². The molecular formula is C22H38O18. The second kappa shape index (κ2) is 13.3. The maximum absolute atomic E-state index is 11.1. The number of rotatable bonds is 7. The quantitative estimate of drug-likeness (QED) is 0.131. The smallest absolute Gasteiger partial charge is 0.187 e. The van der Waals surface area contributed by atoms with E-state index in [0.717, 1.165) is 0 Å². The van der Waals surface area contributed by atoms with E-state index in [1.54, 1.807) is 0 Å². The standard InChI is InChI=1S/C22H38O18/c1-5-9(25)13(29)16(32)22(37-5)40-18-17(39-21-15(31)11(27)7(24)3-35-21)12(28)8(38-19(18)33)4-36-20-14(30)10(26)6(23)2-34-20/h5-33H,2-4H2,1H3/t5-,6+,7+,8+,9-,10+,11-,12+,13+,14-,15+,16+,17-,18+,19?,20+,21-,22-/m0/s1. The molecule has 4 heterocycles. The van der Waals surface area contributed by atoms with Crippen LogP contribution in [0.2, 0.25) is 0 Å². The Balaban J connectivity index is 1.50. The van der Waals surface area contributed by atoms with Gasteiger partial charge in [0.05, 0.1) is 25.9 Å². The molecule has 234 valence electrons. The average molecular weight is 591 g/mol. The molecule has 0 saturated carbocycles. The van der Waals surface area contributed by atoms with Gasteiger partial charge in [-0.2, -0.15) is 0 Å². The topological polar surface area (TPSA) is 287 Å². The Morgan fingerprint density at radius 1 is 0.550 bits per heavy atom. The number of aliphatic hydroxyl groups excluding tert-OH is 11. The molecule has 0 aliphatic carbocycles. The van der Waals surface area contributed by atoms with Crippen LogP contribution in [0.15, 0.2) is 0 Å². The first kappa shape index (κ1) is 32.2. The Morgan fingerprint density at radius 2 is 1.07 bits per heavy atom. The van der Waals surface area contributed by atoms with Gasteiger partial charge in [-0.15, -0.1) is 0 Å². The van der Waals surface area contributed by atoms with Crippen molar-refractivity contribution in [2.45, 2.75) is 118 Å². The molecule has 18 nitrogen and oxygen atoms in total. The van der Waals surface area contributed by atoms with E-state index in [-0.39, 0.29) is 6.61 Å². The van der Waals surface area contributed by atoms with E-state index in [0.29, 0.717) is 0 Å². The molecule has 18 atom stereocenters. The van der Waals surface area contributed by atoms with Crippen molar-refractivity contribution in [2.75, 3.05) is 19.8 Å². The maximum atomic E-state index is 11.1. The second-order valence-electron chi connectivity index (χ2n) is 10.3. The third-order valence-corrected chi connectivity index (χ3v) is 7.36. The van der Waals surface area contributed by atoms with Gasteiger partial charge >= 0.3 is 0 Å². The molecule has 18 heteroatoms. The van der Waals surface area contributed by atoms with Crippen molar-refractivity contribution in [3.05, 3.63) is 0 Å². The van der Waals surface area contributed by atoms with Gasteiger partial charge in [0, 0.05) is 0 Å². The van der Waals surface area contributed by atoms with Crippen LogP contribution in [0, 0.1) is 0 Å². The predicted octanol–water partition coefficient (Wildman–Crippen LogP) is -7.44. The highest BCUT2D eigenvalue weighted by Gasteiger charge is 2.53. The lowest BCUT2D eigenvalue weighted by atomic mass is 9.97. The molecule has 0 amide bonds. The zero-order valence-electron chi connectivity index (χ0n) is 21.3. The van der Waals surface area contributed by atoms with Crippen molar-refractivity contribution in [1.29, 1.82) is 0 Å². The van der Waals surface area contributed by atoms with Gasteiger partial charge in [0.1, 0.15) is 79.4 Å². The average Bonchev–Trinajstić information content (AvgIpc) is 2.92. The van der Waals surface area contributed by atoms with Crippen molar-refractivity contribution in [3.63, 3.8) is 0 Å². The largest absolute Gasteiger partial charge is 0.388 e. The fourth-order valence-corrected chi connectivity index (χ4v) is 4.80. The lowest BCUT2D eigenvalue weighted by molar-refractivity contribution is -0.384. The molecule has 4 rings (SSSR count).